The fourth-order valence-corrected chi connectivity index (χ4v) is 6.38. The van der Waals surface area contributed by atoms with Gasteiger partial charge < -0.3 is 4.90 Å². The number of rotatable bonds is 3. The molecule has 1 aromatic heterocycles. The van der Waals surface area contributed by atoms with Gasteiger partial charge in [-0.25, -0.2) is 0 Å². The average Bonchev–Trinajstić information content (AvgIpc) is 3.13. The van der Waals surface area contributed by atoms with Crippen molar-refractivity contribution >= 4 is 37.4 Å². The molecule has 2 bridgehead atoms. The van der Waals surface area contributed by atoms with E-state index in [4.69, 9.17) is 0 Å². The van der Waals surface area contributed by atoms with E-state index in [-0.39, 0.29) is 0 Å². The molecule has 2 aromatic rings. The molecule has 2 aliphatic carbocycles. The van der Waals surface area contributed by atoms with Gasteiger partial charge in [-0.05, 0) is 90.7 Å². The zero-order valence-electron chi connectivity index (χ0n) is 12.7. The van der Waals surface area contributed by atoms with E-state index in [1.807, 2.05) is 11.3 Å². The molecular formula is C18H22BrNS. The number of fused-ring (bicyclic) bond motifs is 3. The van der Waals surface area contributed by atoms with E-state index in [1.54, 1.807) is 5.56 Å². The van der Waals surface area contributed by atoms with Gasteiger partial charge in [-0.15, -0.1) is 11.3 Å². The van der Waals surface area contributed by atoms with Crippen molar-refractivity contribution in [1.82, 2.24) is 4.90 Å². The Balaban J connectivity index is 1.73. The first-order valence-corrected chi connectivity index (χ1v) is 9.62. The summed E-state index contributed by atoms with van der Waals surface area (Å²) in [6, 6.07) is 7.20. The van der Waals surface area contributed by atoms with Crippen LogP contribution in [0.25, 0.3) is 10.1 Å². The van der Waals surface area contributed by atoms with E-state index in [0.717, 1.165) is 23.7 Å². The Hall–Kier alpha value is -0.380. The minimum atomic E-state index is 0.780. The molecule has 2 aliphatic rings. The second kappa shape index (κ2) is 5.36. The van der Waals surface area contributed by atoms with Gasteiger partial charge in [0, 0.05) is 26.5 Å². The number of hydrogen-bond acceptors (Lipinski definition) is 2. The Labute approximate surface area is 139 Å². The highest BCUT2D eigenvalue weighted by Gasteiger charge is 2.47. The number of hydrogen-bond donors (Lipinski definition) is 0. The molecule has 0 amide bonds. The SMILES string of the molecule is CN(C)CC1C2CCC(C2)C1c1ccc2scc(Br)c2c1. The summed E-state index contributed by atoms with van der Waals surface area (Å²) < 4.78 is 2.66. The molecule has 0 spiro atoms. The summed E-state index contributed by atoms with van der Waals surface area (Å²) >= 11 is 5.55. The first-order valence-electron chi connectivity index (χ1n) is 7.95. The second-order valence-corrected chi connectivity index (χ2v) is 8.89. The molecule has 4 unspecified atom stereocenters. The predicted octanol–water partition coefficient (Wildman–Crippen LogP) is 5.36. The van der Waals surface area contributed by atoms with Crippen LogP contribution in [0.2, 0.25) is 0 Å². The van der Waals surface area contributed by atoms with E-state index >= 15 is 0 Å². The van der Waals surface area contributed by atoms with Crippen LogP contribution in [0.3, 0.4) is 0 Å². The summed E-state index contributed by atoms with van der Waals surface area (Å²) in [6.07, 6.45) is 4.37. The van der Waals surface area contributed by atoms with Gasteiger partial charge in [-0.1, -0.05) is 6.07 Å². The van der Waals surface area contributed by atoms with Crippen LogP contribution in [0.15, 0.2) is 28.1 Å². The van der Waals surface area contributed by atoms with Crippen molar-refractivity contribution in [3.8, 4) is 0 Å². The van der Waals surface area contributed by atoms with Crippen LogP contribution in [0.1, 0.15) is 30.7 Å². The fraction of sp³-hybridized carbons (Fsp3) is 0.556. The van der Waals surface area contributed by atoms with Crippen molar-refractivity contribution in [3.63, 3.8) is 0 Å². The van der Waals surface area contributed by atoms with Crippen molar-refractivity contribution in [2.45, 2.75) is 25.2 Å². The Bertz CT molecular complexity index is 662. The van der Waals surface area contributed by atoms with Crippen LogP contribution in [0, 0.1) is 17.8 Å². The van der Waals surface area contributed by atoms with Crippen molar-refractivity contribution in [1.29, 1.82) is 0 Å². The zero-order valence-corrected chi connectivity index (χ0v) is 15.1. The van der Waals surface area contributed by atoms with E-state index < -0.39 is 0 Å². The number of thiophene rings is 1. The van der Waals surface area contributed by atoms with Gasteiger partial charge >= 0.3 is 0 Å². The first kappa shape index (κ1) is 14.2. The highest BCUT2D eigenvalue weighted by molar-refractivity contribution is 9.10. The molecule has 4 atom stereocenters. The van der Waals surface area contributed by atoms with Crippen LogP contribution in [-0.4, -0.2) is 25.5 Å². The quantitative estimate of drug-likeness (QED) is 0.709. The molecule has 2 saturated carbocycles. The molecule has 0 radical (unpaired) electrons. The van der Waals surface area contributed by atoms with E-state index in [0.29, 0.717) is 0 Å². The lowest BCUT2D eigenvalue weighted by Gasteiger charge is -2.33. The molecule has 0 N–H and O–H groups in total. The van der Waals surface area contributed by atoms with Gasteiger partial charge in [0.1, 0.15) is 0 Å². The minimum Gasteiger partial charge on any atom is -0.309 e. The molecule has 4 rings (SSSR count). The van der Waals surface area contributed by atoms with Gasteiger partial charge in [0.2, 0.25) is 0 Å². The largest absolute Gasteiger partial charge is 0.309 e. The summed E-state index contributed by atoms with van der Waals surface area (Å²) in [6.45, 7) is 1.24. The molecular weight excluding hydrogens is 342 g/mol. The third-order valence-electron chi connectivity index (χ3n) is 5.60. The fourth-order valence-electron chi connectivity index (χ4n) is 4.84. The van der Waals surface area contributed by atoms with Crippen molar-refractivity contribution in [3.05, 3.63) is 33.6 Å². The highest BCUT2D eigenvalue weighted by Crippen LogP contribution is 2.57. The van der Waals surface area contributed by atoms with Crippen molar-refractivity contribution in [2.75, 3.05) is 20.6 Å². The number of benzene rings is 1. The Kier molecular flexibility index (Phi) is 3.63. The van der Waals surface area contributed by atoms with E-state index in [2.05, 4.69) is 58.5 Å². The lowest BCUT2D eigenvalue weighted by Crippen LogP contribution is -2.30. The zero-order chi connectivity index (χ0) is 14.6. The number of halogens is 1. The van der Waals surface area contributed by atoms with Gasteiger partial charge in [-0.3, -0.25) is 0 Å². The monoisotopic (exact) mass is 363 g/mol. The maximum absolute atomic E-state index is 3.71. The summed E-state index contributed by atoms with van der Waals surface area (Å²) in [5.41, 5.74) is 1.58. The van der Waals surface area contributed by atoms with Crippen molar-refractivity contribution < 1.29 is 0 Å². The van der Waals surface area contributed by atoms with Crippen LogP contribution in [0.5, 0.6) is 0 Å². The van der Waals surface area contributed by atoms with Crippen LogP contribution >= 0.6 is 27.3 Å². The van der Waals surface area contributed by atoms with E-state index in [9.17, 15) is 0 Å². The van der Waals surface area contributed by atoms with Crippen LogP contribution in [0.4, 0.5) is 0 Å². The van der Waals surface area contributed by atoms with E-state index in [1.165, 1.54) is 40.4 Å². The van der Waals surface area contributed by atoms with Crippen LogP contribution in [-0.2, 0) is 0 Å². The molecule has 21 heavy (non-hydrogen) atoms. The standard InChI is InChI=1S/C18H22BrNS/c1-20(2)9-15-11-3-4-12(7-11)18(15)13-5-6-17-14(8-13)16(19)10-21-17/h5-6,8,10-12,15,18H,3-4,7,9H2,1-2H3. The third kappa shape index (κ3) is 2.38. The maximum atomic E-state index is 3.71. The maximum Gasteiger partial charge on any atom is 0.0361 e. The summed E-state index contributed by atoms with van der Waals surface area (Å²) in [4.78, 5) is 2.39. The highest BCUT2D eigenvalue weighted by atomic mass is 79.9. The Morgan fingerprint density at radius 3 is 2.86 bits per heavy atom. The summed E-state index contributed by atoms with van der Waals surface area (Å²) in [7, 11) is 4.45. The first-order chi connectivity index (χ1) is 10.1. The summed E-state index contributed by atoms with van der Waals surface area (Å²) in [5.74, 6) is 3.52. The average molecular weight is 364 g/mol. The molecule has 1 aromatic carbocycles. The smallest absolute Gasteiger partial charge is 0.0361 e. The molecule has 0 saturated heterocycles. The third-order valence-corrected chi connectivity index (χ3v) is 7.52. The lowest BCUT2D eigenvalue weighted by atomic mass is 9.75. The molecule has 0 aliphatic heterocycles. The molecule has 3 heteroatoms. The van der Waals surface area contributed by atoms with Crippen molar-refractivity contribution in [2.24, 2.45) is 17.8 Å². The normalized spacial score (nSPS) is 31.6. The molecule has 1 heterocycles. The Morgan fingerprint density at radius 2 is 2.05 bits per heavy atom. The van der Waals surface area contributed by atoms with Gasteiger partial charge in [-0.2, -0.15) is 0 Å². The topological polar surface area (TPSA) is 3.24 Å². The minimum absolute atomic E-state index is 0.780. The number of nitrogens with zero attached hydrogens (tertiary/aromatic N) is 1. The lowest BCUT2D eigenvalue weighted by molar-refractivity contribution is 0.219. The Morgan fingerprint density at radius 1 is 1.24 bits per heavy atom. The van der Waals surface area contributed by atoms with Gasteiger partial charge in [0.15, 0.2) is 0 Å². The molecule has 1 nitrogen and oxygen atoms in total. The molecule has 2 fully saturated rings. The predicted molar refractivity (Wildman–Crippen MR) is 95.1 cm³/mol. The summed E-state index contributed by atoms with van der Waals surface area (Å²) in [5, 5.41) is 3.62. The van der Waals surface area contributed by atoms with Gasteiger partial charge in [0.05, 0.1) is 0 Å². The van der Waals surface area contributed by atoms with Crippen LogP contribution < -0.4 is 0 Å². The molecule has 112 valence electrons. The van der Waals surface area contributed by atoms with Gasteiger partial charge in [0.25, 0.3) is 0 Å². The second-order valence-electron chi connectivity index (χ2n) is 7.12.